The Hall–Kier alpha value is -2.87. The number of amides is 1. The topological polar surface area (TPSA) is 95.9 Å². The standard InChI is InChI=1S/C20H27N7O/c1-12(2)15-11-17(25-26-18(15)20(28)21-4)23-16-10-13(3)22-19(24-16)14-6-8-27(5)9-7-14/h6,10-12H,7-9H2,1-5H3,(H,21,28)(H,22,23,24,25). The molecule has 2 aromatic rings. The van der Waals surface area contributed by atoms with Gasteiger partial charge in [0.25, 0.3) is 5.91 Å². The third-order valence-electron chi connectivity index (χ3n) is 4.70. The highest BCUT2D eigenvalue weighted by molar-refractivity contribution is 5.93. The Morgan fingerprint density at radius 1 is 1.18 bits per heavy atom. The number of carbonyl (C=O) groups is 1. The molecule has 0 aliphatic carbocycles. The number of hydrogen-bond donors (Lipinski definition) is 2. The molecule has 0 atom stereocenters. The summed E-state index contributed by atoms with van der Waals surface area (Å²) >= 11 is 0. The third-order valence-corrected chi connectivity index (χ3v) is 4.70. The fraction of sp³-hybridized carbons (Fsp3) is 0.450. The molecule has 8 heteroatoms. The third kappa shape index (κ3) is 4.51. The number of hydrogen-bond acceptors (Lipinski definition) is 7. The average molecular weight is 381 g/mol. The van der Waals surface area contributed by atoms with Crippen LogP contribution in [-0.2, 0) is 0 Å². The Kier molecular flexibility index (Phi) is 5.99. The molecule has 148 valence electrons. The molecule has 28 heavy (non-hydrogen) atoms. The first kappa shape index (κ1) is 19.9. The van der Waals surface area contributed by atoms with Gasteiger partial charge in [0, 0.05) is 31.9 Å². The van der Waals surface area contributed by atoms with Crippen molar-refractivity contribution in [1.82, 2.24) is 30.4 Å². The molecule has 2 N–H and O–H groups in total. The molecule has 2 aromatic heterocycles. The maximum Gasteiger partial charge on any atom is 0.271 e. The Morgan fingerprint density at radius 2 is 1.96 bits per heavy atom. The predicted octanol–water partition coefficient (Wildman–Crippen LogP) is 2.52. The second kappa shape index (κ2) is 8.43. The smallest absolute Gasteiger partial charge is 0.271 e. The number of aryl methyl sites for hydroxylation is 1. The molecule has 0 unspecified atom stereocenters. The Morgan fingerprint density at radius 3 is 2.61 bits per heavy atom. The van der Waals surface area contributed by atoms with E-state index < -0.39 is 0 Å². The zero-order valence-electron chi connectivity index (χ0n) is 17.1. The van der Waals surface area contributed by atoms with E-state index in [0.717, 1.165) is 42.2 Å². The Balaban J connectivity index is 1.89. The highest BCUT2D eigenvalue weighted by Crippen LogP contribution is 2.24. The van der Waals surface area contributed by atoms with E-state index in [-0.39, 0.29) is 11.8 Å². The predicted molar refractivity (Wildman–Crippen MR) is 110 cm³/mol. The van der Waals surface area contributed by atoms with E-state index in [9.17, 15) is 4.79 Å². The number of anilines is 2. The second-order valence-electron chi connectivity index (χ2n) is 7.35. The van der Waals surface area contributed by atoms with Gasteiger partial charge < -0.3 is 15.5 Å². The molecule has 1 aliphatic heterocycles. The maximum absolute atomic E-state index is 12.0. The lowest BCUT2D eigenvalue weighted by molar-refractivity contribution is 0.0955. The van der Waals surface area contributed by atoms with Gasteiger partial charge in [-0.2, -0.15) is 0 Å². The molecular formula is C20H27N7O. The van der Waals surface area contributed by atoms with Gasteiger partial charge in [0.1, 0.15) is 5.82 Å². The van der Waals surface area contributed by atoms with Crippen LogP contribution in [-0.4, -0.2) is 58.2 Å². The molecule has 3 heterocycles. The normalized spacial score (nSPS) is 14.7. The lowest BCUT2D eigenvalue weighted by Gasteiger charge is -2.21. The van der Waals surface area contributed by atoms with Gasteiger partial charge in [-0.15, -0.1) is 10.2 Å². The summed E-state index contributed by atoms with van der Waals surface area (Å²) in [6.45, 7) is 7.89. The molecule has 0 aromatic carbocycles. The summed E-state index contributed by atoms with van der Waals surface area (Å²) in [5, 5.41) is 14.1. The van der Waals surface area contributed by atoms with Crippen LogP contribution < -0.4 is 10.6 Å². The van der Waals surface area contributed by atoms with Crippen molar-refractivity contribution >= 4 is 23.1 Å². The number of likely N-dealkylation sites (N-methyl/N-ethyl adjacent to an activating group) is 1. The first-order valence-corrected chi connectivity index (χ1v) is 9.47. The van der Waals surface area contributed by atoms with Crippen LogP contribution in [0.5, 0.6) is 0 Å². The number of nitrogens with zero attached hydrogens (tertiary/aromatic N) is 5. The highest BCUT2D eigenvalue weighted by Gasteiger charge is 2.17. The lowest BCUT2D eigenvalue weighted by atomic mass is 10.0. The fourth-order valence-electron chi connectivity index (χ4n) is 3.08. The van der Waals surface area contributed by atoms with Gasteiger partial charge in [0.2, 0.25) is 0 Å². The van der Waals surface area contributed by atoms with Crippen molar-refractivity contribution < 1.29 is 4.79 Å². The van der Waals surface area contributed by atoms with Crippen molar-refractivity contribution in [3.63, 3.8) is 0 Å². The molecule has 0 radical (unpaired) electrons. The van der Waals surface area contributed by atoms with Gasteiger partial charge in [-0.3, -0.25) is 4.79 Å². The summed E-state index contributed by atoms with van der Waals surface area (Å²) in [6.07, 6.45) is 3.11. The van der Waals surface area contributed by atoms with Crippen molar-refractivity contribution in [3.8, 4) is 0 Å². The summed E-state index contributed by atoms with van der Waals surface area (Å²) in [7, 11) is 3.69. The average Bonchev–Trinajstić information content (AvgIpc) is 2.67. The molecule has 1 aliphatic rings. The molecule has 0 bridgehead atoms. The van der Waals surface area contributed by atoms with Crippen LogP contribution in [0.15, 0.2) is 18.2 Å². The van der Waals surface area contributed by atoms with Crippen LogP contribution in [0.4, 0.5) is 11.6 Å². The van der Waals surface area contributed by atoms with Crippen molar-refractivity contribution in [2.45, 2.75) is 33.1 Å². The number of carbonyl (C=O) groups excluding carboxylic acids is 1. The molecule has 1 amide bonds. The highest BCUT2D eigenvalue weighted by atomic mass is 16.1. The molecule has 0 spiro atoms. The molecule has 8 nitrogen and oxygen atoms in total. The van der Waals surface area contributed by atoms with E-state index in [1.165, 1.54) is 0 Å². The van der Waals surface area contributed by atoms with E-state index in [1.807, 2.05) is 32.9 Å². The van der Waals surface area contributed by atoms with E-state index in [4.69, 9.17) is 0 Å². The summed E-state index contributed by atoms with van der Waals surface area (Å²) in [5.41, 5.74) is 3.22. The molecule has 0 saturated carbocycles. The van der Waals surface area contributed by atoms with Crippen LogP contribution in [0.25, 0.3) is 5.57 Å². The van der Waals surface area contributed by atoms with Gasteiger partial charge in [0.15, 0.2) is 17.3 Å². The van der Waals surface area contributed by atoms with Crippen molar-refractivity contribution in [2.24, 2.45) is 0 Å². The van der Waals surface area contributed by atoms with Crippen LogP contribution in [0.3, 0.4) is 0 Å². The quantitative estimate of drug-likeness (QED) is 0.821. The van der Waals surface area contributed by atoms with E-state index in [2.05, 4.69) is 48.8 Å². The van der Waals surface area contributed by atoms with Crippen LogP contribution in [0.1, 0.15) is 53.8 Å². The maximum atomic E-state index is 12.0. The molecule has 0 fully saturated rings. The monoisotopic (exact) mass is 381 g/mol. The van der Waals surface area contributed by atoms with Gasteiger partial charge in [-0.1, -0.05) is 19.9 Å². The zero-order valence-corrected chi connectivity index (χ0v) is 17.1. The van der Waals surface area contributed by atoms with E-state index in [1.54, 1.807) is 7.05 Å². The van der Waals surface area contributed by atoms with Crippen molar-refractivity contribution in [1.29, 1.82) is 0 Å². The fourth-order valence-corrected chi connectivity index (χ4v) is 3.08. The first-order valence-electron chi connectivity index (χ1n) is 9.47. The van der Waals surface area contributed by atoms with E-state index in [0.29, 0.717) is 17.3 Å². The van der Waals surface area contributed by atoms with Crippen LogP contribution in [0, 0.1) is 6.92 Å². The zero-order chi connectivity index (χ0) is 20.3. The second-order valence-corrected chi connectivity index (χ2v) is 7.35. The summed E-state index contributed by atoms with van der Waals surface area (Å²) in [5.74, 6) is 1.86. The minimum atomic E-state index is -0.239. The lowest BCUT2D eigenvalue weighted by Crippen LogP contribution is -2.24. The minimum absolute atomic E-state index is 0.135. The van der Waals surface area contributed by atoms with Gasteiger partial charge in [-0.05, 0) is 43.5 Å². The van der Waals surface area contributed by atoms with Gasteiger partial charge in [-0.25, -0.2) is 9.97 Å². The molecule has 0 saturated heterocycles. The largest absolute Gasteiger partial charge is 0.354 e. The number of aromatic nitrogens is 4. The Bertz CT molecular complexity index is 907. The van der Waals surface area contributed by atoms with Crippen molar-refractivity contribution in [3.05, 3.63) is 41.0 Å². The molecule has 3 rings (SSSR count). The first-order chi connectivity index (χ1) is 13.4. The molecular weight excluding hydrogens is 354 g/mol. The van der Waals surface area contributed by atoms with Crippen LogP contribution >= 0.6 is 0 Å². The summed E-state index contributed by atoms with van der Waals surface area (Å²) in [6, 6.07) is 3.73. The minimum Gasteiger partial charge on any atom is -0.354 e. The van der Waals surface area contributed by atoms with E-state index >= 15 is 0 Å². The number of rotatable bonds is 5. The Labute approximate surface area is 165 Å². The van der Waals surface area contributed by atoms with Crippen LogP contribution in [0.2, 0.25) is 0 Å². The van der Waals surface area contributed by atoms with Gasteiger partial charge in [0.05, 0.1) is 0 Å². The summed E-state index contributed by atoms with van der Waals surface area (Å²) in [4.78, 5) is 23.6. The number of nitrogens with one attached hydrogen (secondary N) is 2. The van der Waals surface area contributed by atoms with Gasteiger partial charge >= 0.3 is 0 Å². The SMILES string of the molecule is CNC(=O)c1nnc(Nc2cc(C)nc(C3=CCN(C)CC3)n2)cc1C(C)C. The summed E-state index contributed by atoms with van der Waals surface area (Å²) < 4.78 is 0. The van der Waals surface area contributed by atoms with Crippen molar-refractivity contribution in [2.75, 3.05) is 32.5 Å².